The van der Waals surface area contributed by atoms with Gasteiger partial charge in [0.05, 0.1) is 11.5 Å². The van der Waals surface area contributed by atoms with E-state index in [0.717, 1.165) is 38.8 Å². The lowest BCUT2D eigenvalue weighted by Gasteiger charge is -2.34. The summed E-state index contributed by atoms with van der Waals surface area (Å²) in [4.78, 5) is 17.1. The molecule has 0 bridgehead atoms. The minimum atomic E-state index is 0.154. The Labute approximate surface area is 121 Å². The van der Waals surface area contributed by atoms with Crippen molar-refractivity contribution in [2.24, 2.45) is 5.73 Å². The van der Waals surface area contributed by atoms with Gasteiger partial charge in [-0.3, -0.25) is 0 Å². The molecule has 0 radical (unpaired) electrons. The first-order valence-electron chi connectivity index (χ1n) is 7.52. The zero-order valence-corrected chi connectivity index (χ0v) is 12.5. The van der Waals surface area contributed by atoms with Gasteiger partial charge in [-0.05, 0) is 25.7 Å². The molecule has 2 N–H and O–H groups in total. The Morgan fingerprint density at radius 3 is 2.21 bits per heavy atom. The summed E-state index contributed by atoms with van der Waals surface area (Å²) in [5.74, 6) is 0. The Bertz CT molecular complexity index is 321. The number of hydrogen-bond acceptors (Lipinski definition) is 2. The number of nitrogens with two attached hydrogens (primary N) is 1. The summed E-state index contributed by atoms with van der Waals surface area (Å²) in [6.07, 6.45) is 9.35. The van der Waals surface area contributed by atoms with Crippen molar-refractivity contribution < 1.29 is 4.79 Å². The summed E-state index contributed by atoms with van der Waals surface area (Å²) in [6, 6.07) is 0.499. The van der Waals surface area contributed by atoms with Crippen LogP contribution in [0.15, 0.2) is 0 Å². The third-order valence-corrected chi connectivity index (χ3v) is 4.34. The SMILES string of the molecule is NC(=S)CN(C(=O)N1CCCCCC1)C1CCCC1. The molecule has 1 aliphatic carbocycles. The fraction of sp³-hybridized carbons (Fsp3) is 0.857. The lowest BCUT2D eigenvalue weighted by Crippen LogP contribution is -2.50. The number of nitrogens with zero attached hydrogens (tertiary/aromatic N) is 2. The standard InChI is InChI=1S/C14H25N3OS/c15-13(19)11-17(12-7-3-4-8-12)14(18)16-9-5-1-2-6-10-16/h12H,1-11H2,(H2,15,19). The largest absolute Gasteiger partial charge is 0.392 e. The van der Waals surface area contributed by atoms with Crippen LogP contribution in [0.2, 0.25) is 0 Å². The highest BCUT2D eigenvalue weighted by Crippen LogP contribution is 2.25. The molecule has 108 valence electrons. The van der Waals surface area contributed by atoms with E-state index in [1.54, 1.807) is 0 Å². The maximum absolute atomic E-state index is 12.7. The summed E-state index contributed by atoms with van der Waals surface area (Å²) in [6.45, 7) is 2.22. The quantitative estimate of drug-likeness (QED) is 0.810. The van der Waals surface area contributed by atoms with Crippen LogP contribution in [-0.4, -0.2) is 46.5 Å². The summed E-state index contributed by atoms with van der Waals surface area (Å²) >= 11 is 5.02. The molecule has 2 rings (SSSR count). The van der Waals surface area contributed by atoms with Crippen LogP contribution in [0.25, 0.3) is 0 Å². The highest BCUT2D eigenvalue weighted by Gasteiger charge is 2.30. The molecule has 1 heterocycles. The van der Waals surface area contributed by atoms with E-state index in [0.29, 0.717) is 17.6 Å². The first-order valence-corrected chi connectivity index (χ1v) is 7.93. The number of hydrogen-bond donors (Lipinski definition) is 1. The topological polar surface area (TPSA) is 49.6 Å². The van der Waals surface area contributed by atoms with Gasteiger partial charge in [0.2, 0.25) is 0 Å². The highest BCUT2D eigenvalue weighted by atomic mass is 32.1. The van der Waals surface area contributed by atoms with Gasteiger partial charge in [0.25, 0.3) is 0 Å². The number of rotatable bonds is 3. The fourth-order valence-corrected chi connectivity index (χ4v) is 3.32. The molecule has 2 aliphatic rings. The van der Waals surface area contributed by atoms with Gasteiger partial charge in [-0.25, -0.2) is 4.79 Å². The lowest BCUT2D eigenvalue weighted by atomic mass is 10.2. The van der Waals surface area contributed by atoms with Crippen LogP contribution in [-0.2, 0) is 0 Å². The van der Waals surface area contributed by atoms with Crippen molar-refractivity contribution in [2.75, 3.05) is 19.6 Å². The number of likely N-dealkylation sites (tertiary alicyclic amines) is 1. The van der Waals surface area contributed by atoms with Gasteiger partial charge in [0.1, 0.15) is 0 Å². The maximum Gasteiger partial charge on any atom is 0.320 e. The molecule has 0 unspecified atom stereocenters. The number of thiocarbonyl (C=S) groups is 1. The minimum Gasteiger partial charge on any atom is -0.392 e. The van der Waals surface area contributed by atoms with Crippen LogP contribution in [0.1, 0.15) is 51.4 Å². The Morgan fingerprint density at radius 2 is 1.68 bits per heavy atom. The Morgan fingerprint density at radius 1 is 1.11 bits per heavy atom. The van der Waals surface area contributed by atoms with Crippen molar-refractivity contribution in [1.29, 1.82) is 0 Å². The monoisotopic (exact) mass is 283 g/mol. The van der Waals surface area contributed by atoms with E-state index in [9.17, 15) is 4.79 Å². The smallest absolute Gasteiger partial charge is 0.320 e. The molecule has 1 aliphatic heterocycles. The van der Waals surface area contributed by atoms with E-state index >= 15 is 0 Å². The van der Waals surface area contributed by atoms with E-state index in [1.165, 1.54) is 25.7 Å². The van der Waals surface area contributed by atoms with Crippen molar-refractivity contribution >= 4 is 23.2 Å². The minimum absolute atomic E-state index is 0.154. The predicted molar refractivity (Wildman–Crippen MR) is 81.2 cm³/mol. The first-order chi connectivity index (χ1) is 9.18. The maximum atomic E-state index is 12.7. The summed E-state index contributed by atoms with van der Waals surface area (Å²) in [5, 5.41) is 0. The van der Waals surface area contributed by atoms with Crippen LogP contribution >= 0.6 is 12.2 Å². The van der Waals surface area contributed by atoms with Crippen LogP contribution < -0.4 is 5.73 Å². The van der Waals surface area contributed by atoms with Crippen molar-refractivity contribution in [3.05, 3.63) is 0 Å². The summed E-state index contributed by atoms with van der Waals surface area (Å²) < 4.78 is 0. The molecule has 0 aromatic heterocycles. The zero-order chi connectivity index (χ0) is 13.7. The van der Waals surface area contributed by atoms with Gasteiger partial charge in [-0.2, -0.15) is 0 Å². The van der Waals surface area contributed by atoms with Crippen LogP contribution in [0.3, 0.4) is 0 Å². The second-order valence-electron chi connectivity index (χ2n) is 5.72. The second-order valence-corrected chi connectivity index (χ2v) is 6.24. The molecule has 0 atom stereocenters. The molecule has 4 nitrogen and oxygen atoms in total. The van der Waals surface area contributed by atoms with Gasteiger partial charge in [0.15, 0.2) is 0 Å². The van der Waals surface area contributed by atoms with Crippen molar-refractivity contribution in [3.63, 3.8) is 0 Å². The molecule has 1 saturated carbocycles. The molecular formula is C14H25N3OS. The van der Waals surface area contributed by atoms with Crippen LogP contribution in [0, 0.1) is 0 Å². The van der Waals surface area contributed by atoms with E-state index < -0.39 is 0 Å². The zero-order valence-electron chi connectivity index (χ0n) is 11.6. The molecule has 0 aromatic carbocycles. The predicted octanol–water partition coefficient (Wildman–Crippen LogP) is 2.51. The Hall–Kier alpha value is -0.840. The highest BCUT2D eigenvalue weighted by molar-refractivity contribution is 7.80. The molecule has 19 heavy (non-hydrogen) atoms. The number of urea groups is 1. The van der Waals surface area contributed by atoms with Gasteiger partial charge < -0.3 is 15.5 Å². The van der Waals surface area contributed by atoms with Crippen molar-refractivity contribution in [1.82, 2.24) is 9.80 Å². The second kappa shape index (κ2) is 7.08. The number of carbonyl (C=O) groups is 1. The third kappa shape index (κ3) is 4.06. The molecule has 0 aromatic rings. The number of carbonyl (C=O) groups excluding carboxylic acids is 1. The lowest BCUT2D eigenvalue weighted by molar-refractivity contribution is 0.143. The van der Waals surface area contributed by atoms with Crippen molar-refractivity contribution in [2.45, 2.75) is 57.4 Å². The molecule has 1 saturated heterocycles. The van der Waals surface area contributed by atoms with Gasteiger partial charge in [-0.1, -0.05) is 37.9 Å². The summed E-state index contributed by atoms with van der Waals surface area (Å²) in [5.41, 5.74) is 5.68. The van der Waals surface area contributed by atoms with E-state index in [4.69, 9.17) is 18.0 Å². The van der Waals surface area contributed by atoms with Gasteiger partial charge in [-0.15, -0.1) is 0 Å². The Balaban J connectivity index is 2.02. The average Bonchev–Trinajstić information content (AvgIpc) is 2.77. The van der Waals surface area contributed by atoms with E-state index in [1.807, 2.05) is 9.80 Å². The average molecular weight is 283 g/mol. The van der Waals surface area contributed by atoms with E-state index in [2.05, 4.69) is 0 Å². The molecule has 2 fully saturated rings. The van der Waals surface area contributed by atoms with Crippen LogP contribution in [0.4, 0.5) is 4.79 Å². The van der Waals surface area contributed by atoms with Crippen molar-refractivity contribution in [3.8, 4) is 0 Å². The molecule has 0 spiro atoms. The van der Waals surface area contributed by atoms with Gasteiger partial charge >= 0.3 is 6.03 Å². The molecular weight excluding hydrogens is 258 g/mol. The third-order valence-electron chi connectivity index (χ3n) is 4.21. The molecule has 5 heteroatoms. The van der Waals surface area contributed by atoms with Crippen LogP contribution in [0.5, 0.6) is 0 Å². The van der Waals surface area contributed by atoms with E-state index in [-0.39, 0.29) is 6.03 Å². The fourth-order valence-electron chi connectivity index (χ4n) is 3.18. The summed E-state index contributed by atoms with van der Waals surface area (Å²) in [7, 11) is 0. The normalized spacial score (nSPS) is 21.2. The first kappa shape index (κ1) is 14.6. The Kier molecular flexibility index (Phi) is 5.43. The van der Waals surface area contributed by atoms with Gasteiger partial charge in [0, 0.05) is 19.1 Å². The number of amides is 2. The molecule has 2 amide bonds.